The van der Waals surface area contributed by atoms with Gasteiger partial charge in [0.1, 0.15) is 23.9 Å². The van der Waals surface area contributed by atoms with Crippen molar-refractivity contribution in [2.75, 3.05) is 0 Å². The lowest BCUT2D eigenvalue weighted by atomic mass is 10.2. The van der Waals surface area contributed by atoms with E-state index in [1.54, 1.807) is 0 Å². The van der Waals surface area contributed by atoms with Crippen molar-refractivity contribution in [3.05, 3.63) is 80.0 Å². The Bertz CT molecular complexity index is 1120. The van der Waals surface area contributed by atoms with Gasteiger partial charge in [-0.05, 0) is 18.2 Å². The second-order valence-corrected chi connectivity index (χ2v) is 5.62. The summed E-state index contributed by atoms with van der Waals surface area (Å²) >= 11 is 0. The van der Waals surface area contributed by atoms with E-state index in [9.17, 15) is 30.1 Å². The minimum atomic E-state index is -0.705. The zero-order valence-corrected chi connectivity index (χ0v) is 14.5. The number of nitrogens with zero attached hydrogens (tertiary/aromatic N) is 5. The van der Waals surface area contributed by atoms with Gasteiger partial charge in [-0.2, -0.15) is 10.2 Å². The first-order valence-corrected chi connectivity index (χ1v) is 7.90. The monoisotopic (exact) mass is 400 g/mol. The highest BCUT2D eigenvalue weighted by Crippen LogP contribution is 2.21. The van der Waals surface area contributed by atoms with Crippen molar-refractivity contribution < 1.29 is 24.2 Å². The SMILES string of the molecule is O=C(NN=Cc1cc([N+](=O)[O-])ccc1O)c1ccc(Cn2cc([N+](=O)[O-])cn2)o1. The number of aromatic hydroxyl groups is 1. The van der Waals surface area contributed by atoms with E-state index in [2.05, 4.69) is 15.6 Å². The predicted molar refractivity (Wildman–Crippen MR) is 96.5 cm³/mol. The second-order valence-electron chi connectivity index (χ2n) is 5.62. The molecular formula is C16H12N6O7. The fourth-order valence-electron chi connectivity index (χ4n) is 2.25. The molecule has 0 aliphatic heterocycles. The van der Waals surface area contributed by atoms with Crippen LogP contribution in [0.1, 0.15) is 21.9 Å². The molecule has 0 saturated carbocycles. The molecule has 148 valence electrons. The van der Waals surface area contributed by atoms with Gasteiger partial charge in [0.05, 0.1) is 22.6 Å². The number of phenolic OH excluding ortho intramolecular Hbond substituents is 1. The maximum Gasteiger partial charge on any atom is 0.307 e. The van der Waals surface area contributed by atoms with Crippen molar-refractivity contribution >= 4 is 23.5 Å². The number of aromatic nitrogens is 2. The van der Waals surface area contributed by atoms with Crippen LogP contribution in [0.15, 0.2) is 52.2 Å². The maximum absolute atomic E-state index is 12.1. The highest BCUT2D eigenvalue weighted by molar-refractivity contribution is 5.92. The number of benzene rings is 1. The average molecular weight is 400 g/mol. The second kappa shape index (κ2) is 7.99. The first-order chi connectivity index (χ1) is 13.8. The van der Waals surface area contributed by atoms with Gasteiger partial charge in [-0.25, -0.2) is 5.43 Å². The van der Waals surface area contributed by atoms with Gasteiger partial charge in [0.25, 0.3) is 5.69 Å². The number of hydrazone groups is 1. The van der Waals surface area contributed by atoms with Gasteiger partial charge >= 0.3 is 11.6 Å². The quantitative estimate of drug-likeness (QED) is 0.342. The number of hydrogen-bond donors (Lipinski definition) is 2. The summed E-state index contributed by atoms with van der Waals surface area (Å²) in [6.07, 6.45) is 3.36. The number of carbonyl (C=O) groups is 1. The lowest BCUT2D eigenvalue weighted by Crippen LogP contribution is -2.16. The molecule has 0 bridgehead atoms. The standard InChI is InChI=1S/C16H12N6O7/c23-14-3-1-11(21(25)26)5-10(14)6-17-19-16(24)15-4-2-13(29-15)9-20-8-12(7-18-20)22(27)28/h1-8,23H,9H2,(H,19,24). The number of nitro groups is 2. The number of furan rings is 1. The molecule has 0 aliphatic rings. The lowest BCUT2D eigenvalue weighted by Gasteiger charge is -1.99. The van der Waals surface area contributed by atoms with Gasteiger partial charge in [0.15, 0.2) is 5.76 Å². The molecule has 2 heterocycles. The van der Waals surface area contributed by atoms with Crippen molar-refractivity contribution in [1.82, 2.24) is 15.2 Å². The van der Waals surface area contributed by atoms with E-state index in [0.717, 1.165) is 30.6 Å². The first-order valence-electron chi connectivity index (χ1n) is 7.90. The molecule has 13 nitrogen and oxygen atoms in total. The van der Waals surface area contributed by atoms with Gasteiger partial charge in [0.2, 0.25) is 0 Å². The summed E-state index contributed by atoms with van der Waals surface area (Å²) in [6.45, 7) is 0.0753. The van der Waals surface area contributed by atoms with Crippen LogP contribution in [0.5, 0.6) is 5.75 Å². The van der Waals surface area contributed by atoms with Crippen molar-refractivity contribution in [2.24, 2.45) is 5.10 Å². The fourth-order valence-corrected chi connectivity index (χ4v) is 2.25. The van der Waals surface area contributed by atoms with E-state index >= 15 is 0 Å². The lowest BCUT2D eigenvalue weighted by molar-refractivity contribution is -0.385. The van der Waals surface area contributed by atoms with E-state index in [1.807, 2.05) is 0 Å². The number of phenols is 1. The molecule has 0 radical (unpaired) electrons. The Morgan fingerprint density at radius 3 is 2.69 bits per heavy atom. The number of nitrogens with one attached hydrogen (secondary N) is 1. The van der Waals surface area contributed by atoms with Crippen LogP contribution in [-0.2, 0) is 6.54 Å². The molecular weight excluding hydrogens is 388 g/mol. The molecule has 1 amide bonds. The Balaban J connectivity index is 1.63. The van der Waals surface area contributed by atoms with Crippen molar-refractivity contribution in [2.45, 2.75) is 6.54 Å². The van der Waals surface area contributed by atoms with E-state index in [0.29, 0.717) is 5.76 Å². The number of rotatable bonds is 7. The highest BCUT2D eigenvalue weighted by Gasteiger charge is 2.14. The van der Waals surface area contributed by atoms with Crippen molar-refractivity contribution in [3.8, 4) is 5.75 Å². The Morgan fingerprint density at radius 1 is 1.24 bits per heavy atom. The molecule has 0 spiro atoms. The summed E-state index contributed by atoms with van der Waals surface area (Å²) in [7, 11) is 0. The summed E-state index contributed by atoms with van der Waals surface area (Å²) in [4.78, 5) is 32.2. The Kier molecular flexibility index (Phi) is 5.30. The minimum Gasteiger partial charge on any atom is -0.507 e. The van der Waals surface area contributed by atoms with E-state index in [1.165, 1.54) is 23.0 Å². The number of non-ortho nitro benzene ring substituents is 1. The molecule has 0 aliphatic carbocycles. The van der Waals surface area contributed by atoms with E-state index in [-0.39, 0.29) is 35.0 Å². The summed E-state index contributed by atoms with van der Waals surface area (Å²) in [5.41, 5.74) is 1.79. The Labute approximate surface area is 161 Å². The summed E-state index contributed by atoms with van der Waals surface area (Å²) in [5.74, 6) is -0.707. The topological polar surface area (TPSA) is 179 Å². The number of nitro benzene ring substituents is 1. The van der Waals surface area contributed by atoms with E-state index in [4.69, 9.17) is 4.42 Å². The predicted octanol–water partition coefficient (Wildman–Crippen LogP) is 1.81. The molecule has 3 aromatic rings. The maximum atomic E-state index is 12.1. The third-order valence-electron chi connectivity index (χ3n) is 3.63. The third-order valence-corrected chi connectivity index (χ3v) is 3.63. The van der Waals surface area contributed by atoms with Crippen molar-refractivity contribution in [1.29, 1.82) is 0 Å². The van der Waals surface area contributed by atoms with Gasteiger partial charge in [-0.3, -0.25) is 29.7 Å². The fraction of sp³-hybridized carbons (Fsp3) is 0.0625. The van der Waals surface area contributed by atoms with Crippen LogP contribution in [0.25, 0.3) is 0 Å². The van der Waals surface area contributed by atoms with Crippen LogP contribution in [0, 0.1) is 20.2 Å². The average Bonchev–Trinajstić information content (AvgIpc) is 3.33. The molecule has 1 aromatic carbocycles. The van der Waals surface area contributed by atoms with Crippen LogP contribution in [0.2, 0.25) is 0 Å². The van der Waals surface area contributed by atoms with Crippen LogP contribution >= 0.6 is 0 Å². The molecule has 29 heavy (non-hydrogen) atoms. The molecule has 0 saturated heterocycles. The molecule has 13 heteroatoms. The van der Waals surface area contributed by atoms with Crippen LogP contribution in [0.3, 0.4) is 0 Å². The minimum absolute atomic E-state index is 0.0416. The first kappa shape index (κ1) is 19.2. The molecule has 2 N–H and O–H groups in total. The normalized spacial score (nSPS) is 10.9. The molecule has 3 rings (SSSR count). The van der Waals surface area contributed by atoms with Gasteiger partial charge in [-0.15, -0.1) is 0 Å². The number of amides is 1. The van der Waals surface area contributed by atoms with Gasteiger partial charge in [-0.1, -0.05) is 0 Å². The third kappa shape index (κ3) is 4.60. The van der Waals surface area contributed by atoms with E-state index < -0.39 is 15.8 Å². The zero-order valence-electron chi connectivity index (χ0n) is 14.5. The zero-order chi connectivity index (χ0) is 21.0. The highest BCUT2D eigenvalue weighted by atomic mass is 16.6. The molecule has 0 fully saturated rings. The number of carbonyl (C=O) groups excluding carboxylic acids is 1. The van der Waals surface area contributed by atoms with Gasteiger partial charge < -0.3 is 9.52 Å². The Hall–Kier alpha value is -4.55. The summed E-state index contributed by atoms with van der Waals surface area (Å²) < 4.78 is 6.62. The summed E-state index contributed by atoms with van der Waals surface area (Å²) in [5, 5.41) is 38.5. The molecule has 0 unspecified atom stereocenters. The van der Waals surface area contributed by atoms with Crippen LogP contribution in [-0.4, -0.2) is 36.9 Å². The van der Waals surface area contributed by atoms with Crippen LogP contribution < -0.4 is 5.43 Å². The van der Waals surface area contributed by atoms with Crippen molar-refractivity contribution in [3.63, 3.8) is 0 Å². The molecule has 0 atom stereocenters. The van der Waals surface area contributed by atoms with Crippen LogP contribution in [0.4, 0.5) is 11.4 Å². The largest absolute Gasteiger partial charge is 0.507 e. The Morgan fingerprint density at radius 2 is 2.00 bits per heavy atom. The number of hydrogen-bond acceptors (Lipinski definition) is 9. The molecule has 2 aromatic heterocycles. The smallest absolute Gasteiger partial charge is 0.307 e. The summed E-state index contributed by atoms with van der Waals surface area (Å²) in [6, 6.07) is 6.24. The van der Waals surface area contributed by atoms with Gasteiger partial charge in [0, 0.05) is 17.7 Å².